The lowest BCUT2D eigenvalue weighted by Gasteiger charge is -2.29. The van der Waals surface area contributed by atoms with E-state index in [1.165, 1.54) is 0 Å². The third kappa shape index (κ3) is 3.54. The Balaban J connectivity index is 1.94. The number of piperidine rings is 1. The van der Waals surface area contributed by atoms with E-state index in [0.29, 0.717) is 5.56 Å². The molecule has 17 heavy (non-hydrogen) atoms. The van der Waals surface area contributed by atoms with Gasteiger partial charge in [0.15, 0.2) is 0 Å². The van der Waals surface area contributed by atoms with Crippen molar-refractivity contribution >= 4 is 21.9 Å². The summed E-state index contributed by atoms with van der Waals surface area (Å²) in [5.74, 6) is -0.224. The number of nitrogens with zero attached hydrogens (tertiary/aromatic N) is 1. The Labute approximate surface area is 110 Å². The quantitative estimate of drug-likeness (QED) is 0.786. The van der Waals surface area contributed by atoms with Gasteiger partial charge in [0.05, 0.1) is 5.56 Å². The van der Waals surface area contributed by atoms with Gasteiger partial charge in [0.2, 0.25) is 0 Å². The highest BCUT2D eigenvalue weighted by atomic mass is 79.9. The molecular formula is C13H16BrNO2. The van der Waals surface area contributed by atoms with Crippen molar-refractivity contribution in [1.29, 1.82) is 0 Å². The number of hydrogen-bond acceptors (Lipinski definition) is 3. The summed E-state index contributed by atoms with van der Waals surface area (Å²) in [6, 6.07) is 7.26. The van der Waals surface area contributed by atoms with Gasteiger partial charge in [-0.25, -0.2) is 4.79 Å². The number of carbonyl (C=O) groups excluding carboxylic acids is 1. The van der Waals surface area contributed by atoms with Gasteiger partial charge in [-0.2, -0.15) is 0 Å². The van der Waals surface area contributed by atoms with Crippen molar-refractivity contribution in [1.82, 2.24) is 4.90 Å². The lowest BCUT2D eigenvalue weighted by Crippen LogP contribution is -2.38. The fourth-order valence-corrected chi connectivity index (χ4v) is 2.28. The molecule has 3 nitrogen and oxygen atoms in total. The van der Waals surface area contributed by atoms with E-state index in [9.17, 15) is 4.79 Å². The third-order valence-electron chi connectivity index (χ3n) is 2.93. The van der Waals surface area contributed by atoms with Crippen molar-refractivity contribution in [3.8, 4) is 0 Å². The Morgan fingerprint density at radius 3 is 2.76 bits per heavy atom. The first-order chi connectivity index (χ1) is 8.15. The zero-order chi connectivity index (χ0) is 12.3. The van der Waals surface area contributed by atoms with Crippen molar-refractivity contribution in [2.24, 2.45) is 0 Å². The average Bonchev–Trinajstić information content (AvgIpc) is 2.29. The summed E-state index contributed by atoms with van der Waals surface area (Å²) in [5.41, 5.74) is 0.612. The Kier molecular flexibility index (Phi) is 4.18. The molecule has 1 fully saturated rings. The van der Waals surface area contributed by atoms with E-state index < -0.39 is 0 Å². The summed E-state index contributed by atoms with van der Waals surface area (Å²) < 4.78 is 6.46. The minimum absolute atomic E-state index is 0.0323. The van der Waals surface area contributed by atoms with Crippen molar-refractivity contribution in [3.05, 3.63) is 34.3 Å². The number of ether oxygens (including phenoxy) is 1. The average molecular weight is 298 g/mol. The largest absolute Gasteiger partial charge is 0.457 e. The molecule has 92 valence electrons. The number of hydrogen-bond donors (Lipinski definition) is 0. The van der Waals surface area contributed by atoms with E-state index in [1.807, 2.05) is 12.1 Å². The maximum atomic E-state index is 11.9. The molecule has 0 amide bonds. The number of carbonyl (C=O) groups is 1. The smallest absolute Gasteiger partial charge is 0.338 e. The van der Waals surface area contributed by atoms with E-state index in [2.05, 4.69) is 27.9 Å². The molecule has 0 saturated carbocycles. The first-order valence-corrected chi connectivity index (χ1v) is 6.59. The highest BCUT2D eigenvalue weighted by Crippen LogP contribution is 2.15. The molecule has 1 heterocycles. The third-order valence-corrected chi connectivity index (χ3v) is 3.46. The molecule has 4 heteroatoms. The lowest BCUT2D eigenvalue weighted by atomic mass is 10.1. The standard InChI is InChI=1S/C13H16BrNO2/c1-15-8-2-3-12(9-15)17-13(16)10-4-6-11(14)7-5-10/h4-7,12H,2-3,8-9H2,1H3/t12-/m1/s1. The zero-order valence-electron chi connectivity index (χ0n) is 9.86. The van der Waals surface area contributed by atoms with Crippen molar-refractivity contribution in [2.45, 2.75) is 18.9 Å². The highest BCUT2D eigenvalue weighted by molar-refractivity contribution is 9.10. The molecule has 0 unspecified atom stereocenters. The molecule has 0 aromatic heterocycles. The molecular weight excluding hydrogens is 282 g/mol. The molecule has 1 saturated heterocycles. The van der Waals surface area contributed by atoms with E-state index in [0.717, 1.165) is 30.4 Å². The van der Waals surface area contributed by atoms with Crippen LogP contribution in [-0.2, 0) is 4.74 Å². The van der Waals surface area contributed by atoms with E-state index in [1.54, 1.807) is 12.1 Å². The normalized spacial score (nSPS) is 21.2. The minimum Gasteiger partial charge on any atom is -0.457 e. The van der Waals surface area contributed by atoms with Gasteiger partial charge in [-0.3, -0.25) is 0 Å². The van der Waals surface area contributed by atoms with Crippen LogP contribution in [0.15, 0.2) is 28.7 Å². The Bertz CT molecular complexity index is 391. The predicted molar refractivity (Wildman–Crippen MR) is 70.1 cm³/mol. The van der Waals surface area contributed by atoms with E-state index in [-0.39, 0.29) is 12.1 Å². The number of rotatable bonds is 2. The van der Waals surface area contributed by atoms with Crippen molar-refractivity contribution in [3.63, 3.8) is 0 Å². The minimum atomic E-state index is -0.224. The highest BCUT2D eigenvalue weighted by Gasteiger charge is 2.21. The predicted octanol–water partition coefficient (Wildman–Crippen LogP) is 2.70. The summed E-state index contributed by atoms with van der Waals surface area (Å²) in [4.78, 5) is 14.1. The molecule has 0 radical (unpaired) electrons. The molecule has 0 bridgehead atoms. The van der Waals surface area contributed by atoms with E-state index in [4.69, 9.17) is 4.74 Å². The van der Waals surface area contributed by atoms with Crippen LogP contribution in [0.25, 0.3) is 0 Å². The Hall–Kier alpha value is -0.870. The SMILES string of the molecule is CN1CCC[C@@H](OC(=O)c2ccc(Br)cc2)C1. The molecule has 1 aromatic rings. The van der Waals surface area contributed by atoms with E-state index >= 15 is 0 Å². The topological polar surface area (TPSA) is 29.5 Å². The molecule has 1 atom stereocenters. The molecule has 1 aromatic carbocycles. The number of likely N-dealkylation sites (N-methyl/N-ethyl adjacent to an activating group) is 1. The van der Waals surface area contributed by atoms with Gasteiger partial charge in [0.1, 0.15) is 6.10 Å². The summed E-state index contributed by atoms with van der Waals surface area (Å²) in [6.07, 6.45) is 2.09. The van der Waals surface area contributed by atoms with Crippen LogP contribution < -0.4 is 0 Å². The molecule has 0 aliphatic carbocycles. The zero-order valence-corrected chi connectivity index (χ0v) is 11.4. The second-order valence-electron chi connectivity index (χ2n) is 4.44. The summed E-state index contributed by atoms with van der Waals surface area (Å²) >= 11 is 3.34. The van der Waals surface area contributed by atoms with Crippen LogP contribution >= 0.6 is 15.9 Å². The van der Waals surface area contributed by atoms with Crippen molar-refractivity contribution < 1.29 is 9.53 Å². The van der Waals surface area contributed by atoms with Gasteiger partial charge in [0, 0.05) is 11.0 Å². The van der Waals surface area contributed by atoms with Gasteiger partial charge in [0.25, 0.3) is 0 Å². The van der Waals surface area contributed by atoms with Crippen LogP contribution in [0.5, 0.6) is 0 Å². The first kappa shape index (κ1) is 12.6. The van der Waals surface area contributed by atoms with Gasteiger partial charge in [-0.15, -0.1) is 0 Å². The van der Waals surface area contributed by atoms with Gasteiger partial charge >= 0.3 is 5.97 Å². The van der Waals surface area contributed by atoms with Crippen LogP contribution in [0.2, 0.25) is 0 Å². The Morgan fingerprint density at radius 2 is 2.12 bits per heavy atom. The van der Waals surface area contributed by atoms with Crippen LogP contribution in [0.4, 0.5) is 0 Å². The summed E-state index contributed by atoms with van der Waals surface area (Å²) in [6.45, 7) is 1.93. The lowest BCUT2D eigenvalue weighted by molar-refractivity contribution is 0.0108. The van der Waals surface area contributed by atoms with Crippen LogP contribution in [0.1, 0.15) is 23.2 Å². The monoisotopic (exact) mass is 297 g/mol. The van der Waals surface area contributed by atoms with Crippen molar-refractivity contribution in [2.75, 3.05) is 20.1 Å². The number of benzene rings is 1. The van der Waals surface area contributed by atoms with Crippen LogP contribution in [0.3, 0.4) is 0 Å². The fraction of sp³-hybridized carbons (Fsp3) is 0.462. The van der Waals surface area contributed by atoms with Gasteiger partial charge in [-0.1, -0.05) is 15.9 Å². The maximum Gasteiger partial charge on any atom is 0.338 e. The van der Waals surface area contributed by atoms with Crippen LogP contribution in [-0.4, -0.2) is 37.1 Å². The summed E-state index contributed by atoms with van der Waals surface area (Å²) in [7, 11) is 2.06. The molecule has 1 aliphatic rings. The molecule has 0 N–H and O–H groups in total. The Morgan fingerprint density at radius 1 is 1.41 bits per heavy atom. The van der Waals surface area contributed by atoms with Gasteiger partial charge in [-0.05, 0) is 50.7 Å². The second-order valence-corrected chi connectivity index (χ2v) is 5.35. The number of likely N-dealkylation sites (tertiary alicyclic amines) is 1. The van der Waals surface area contributed by atoms with Gasteiger partial charge < -0.3 is 9.64 Å². The number of esters is 1. The molecule has 0 spiro atoms. The first-order valence-electron chi connectivity index (χ1n) is 5.80. The summed E-state index contributed by atoms with van der Waals surface area (Å²) in [5, 5.41) is 0. The molecule has 1 aliphatic heterocycles. The second kappa shape index (κ2) is 5.65. The maximum absolute atomic E-state index is 11.9. The fourth-order valence-electron chi connectivity index (χ4n) is 2.02. The number of halogens is 1. The molecule has 2 rings (SSSR count). The van der Waals surface area contributed by atoms with Crippen LogP contribution in [0, 0.1) is 0 Å².